The smallest absolute Gasteiger partial charge is 0.126 e. The second-order valence-corrected chi connectivity index (χ2v) is 5.99. The zero-order chi connectivity index (χ0) is 14.7. The first-order valence-corrected chi connectivity index (χ1v) is 7.75. The monoisotopic (exact) mass is 296 g/mol. The summed E-state index contributed by atoms with van der Waals surface area (Å²) < 4.78 is 5.67. The van der Waals surface area contributed by atoms with Crippen LogP contribution in [0.15, 0.2) is 6.07 Å². The third-order valence-electron chi connectivity index (χ3n) is 4.27. The fourth-order valence-electron chi connectivity index (χ4n) is 3.27. The second kappa shape index (κ2) is 6.79. The fourth-order valence-corrected chi connectivity index (χ4v) is 3.53. The second-order valence-electron chi connectivity index (χ2n) is 5.58. The Morgan fingerprint density at radius 2 is 2.00 bits per heavy atom. The van der Waals surface area contributed by atoms with Crippen molar-refractivity contribution in [2.24, 2.45) is 5.73 Å². The van der Waals surface area contributed by atoms with E-state index in [-0.39, 0.29) is 0 Å². The molecule has 20 heavy (non-hydrogen) atoms. The maximum atomic E-state index is 6.39. The average Bonchev–Trinajstić information content (AvgIpc) is 2.94. The highest BCUT2D eigenvalue weighted by Gasteiger charge is 2.28. The van der Waals surface area contributed by atoms with Gasteiger partial charge in [-0.3, -0.25) is 4.90 Å². The number of rotatable bonds is 5. The molecule has 1 aliphatic rings. The summed E-state index contributed by atoms with van der Waals surface area (Å²) in [4.78, 5) is 2.52. The zero-order valence-electron chi connectivity index (χ0n) is 12.7. The first kappa shape index (κ1) is 15.6. The molecule has 2 rings (SSSR count). The number of likely N-dealkylation sites (tertiary alicyclic amines) is 1. The molecule has 112 valence electrons. The Labute approximate surface area is 127 Å². The molecular formula is C16H25ClN2O. The lowest BCUT2D eigenvalue weighted by Gasteiger charge is -2.31. The minimum absolute atomic E-state index is 0.315. The standard InChI is InChI=1S/C16H25ClN2O/c1-11-10-13(17)12(2)15(16(11)20-3)14(6-7-18)19-8-4-5-9-19/h10,14H,4-9,18H2,1-3H3. The summed E-state index contributed by atoms with van der Waals surface area (Å²) in [6.45, 7) is 7.09. The molecule has 1 fully saturated rings. The molecule has 0 bridgehead atoms. The van der Waals surface area contributed by atoms with Gasteiger partial charge in [0.25, 0.3) is 0 Å². The molecule has 0 radical (unpaired) electrons. The lowest BCUT2D eigenvalue weighted by atomic mass is 9.94. The first-order valence-electron chi connectivity index (χ1n) is 7.37. The fraction of sp³-hybridized carbons (Fsp3) is 0.625. The van der Waals surface area contributed by atoms with Crippen LogP contribution in [0.4, 0.5) is 0 Å². The van der Waals surface area contributed by atoms with Crippen molar-refractivity contribution in [3.8, 4) is 5.75 Å². The van der Waals surface area contributed by atoms with E-state index in [2.05, 4.69) is 18.7 Å². The topological polar surface area (TPSA) is 38.5 Å². The highest BCUT2D eigenvalue weighted by Crippen LogP contribution is 2.40. The lowest BCUT2D eigenvalue weighted by molar-refractivity contribution is 0.229. The minimum Gasteiger partial charge on any atom is -0.496 e. The summed E-state index contributed by atoms with van der Waals surface area (Å²) >= 11 is 6.39. The van der Waals surface area contributed by atoms with E-state index < -0.39 is 0 Å². The predicted octanol–water partition coefficient (Wildman–Crippen LogP) is 3.45. The average molecular weight is 297 g/mol. The van der Waals surface area contributed by atoms with Crippen LogP contribution >= 0.6 is 11.6 Å². The summed E-state index contributed by atoms with van der Waals surface area (Å²) in [7, 11) is 1.74. The van der Waals surface area contributed by atoms with E-state index in [1.165, 1.54) is 18.4 Å². The number of aryl methyl sites for hydroxylation is 1. The number of methoxy groups -OCH3 is 1. The van der Waals surface area contributed by atoms with E-state index in [4.69, 9.17) is 22.1 Å². The first-order chi connectivity index (χ1) is 9.60. The molecule has 1 saturated heterocycles. The van der Waals surface area contributed by atoms with Gasteiger partial charge >= 0.3 is 0 Å². The van der Waals surface area contributed by atoms with Crippen LogP contribution in [0, 0.1) is 13.8 Å². The van der Waals surface area contributed by atoms with Gasteiger partial charge in [0.15, 0.2) is 0 Å². The van der Waals surface area contributed by atoms with Crippen molar-refractivity contribution in [2.75, 3.05) is 26.7 Å². The van der Waals surface area contributed by atoms with E-state index in [9.17, 15) is 0 Å². The maximum Gasteiger partial charge on any atom is 0.126 e. The number of benzene rings is 1. The normalized spacial score (nSPS) is 17.4. The van der Waals surface area contributed by atoms with Crippen LogP contribution in [0.25, 0.3) is 0 Å². The van der Waals surface area contributed by atoms with Gasteiger partial charge in [-0.1, -0.05) is 11.6 Å². The van der Waals surface area contributed by atoms with Gasteiger partial charge in [-0.15, -0.1) is 0 Å². The predicted molar refractivity (Wildman–Crippen MR) is 84.7 cm³/mol. The van der Waals surface area contributed by atoms with Gasteiger partial charge in [-0.2, -0.15) is 0 Å². The van der Waals surface area contributed by atoms with E-state index in [1.54, 1.807) is 7.11 Å². The Kier molecular flexibility index (Phi) is 5.30. The Morgan fingerprint density at radius 1 is 1.35 bits per heavy atom. The number of hydrogen-bond donors (Lipinski definition) is 1. The van der Waals surface area contributed by atoms with Crippen molar-refractivity contribution in [2.45, 2.75) is 39.2 Å². The van der Waals surface area contributed by atoms with E-state index in [0.717, 1.165) is 41.4 Å². The third-order valence-corrected chi connectivity index (χ3v) is 4.66. The minimum atomic E-state index is 0.315. The SMILES string of the molecule is COc1c(C)cc(Cl)c(C)c1C(CCN)N1CCCC1. The number of ether oxygens (including phenoxy) is 1. The van der Waals surface area contributed by atoms with Crippen LogP contribution in [0.3, 0.4) is 0 Å². The molecule has 0 spiro atoms. The van der Waals surface area contributed by atoms with Gasteiger partial charge in [-0.05, 0) is 69.9 Å². The van der Waals surface area contributed by atoms with Crippen molar-refractivity contribution in [3.05, 3.63) is 27.8 Å². The Bertz CT molecular complexity index is 470. The van der Waals surface area contributed by atoms with Gasteiger partial charge in [0.1, 0.15) is 5.75 Å². The number of nitrogens with zero attached hydrogens (tertiary/aromatic N) is 1. The molecule has 0 aromatic heterocycles. The van der Waals surface area contributed by atoms with Crippen molar-refractivity contribution in [1.82, 2.24) is 4.90 Å². The summed E-state index contributed by atoms with van der Waals surface area (Å²) in [5.41, 5.74) is 9.30. The van der Waals surface area contributed by atoms with Gasteiger partial charge in [-0.25, -0.2) is 0 Å². The largest absolute Gasteiger partial charge is 0.496 e. The third kappa shape index (κ3) is 2.95. The number of nitrogens with two attached hydrogens (primary N) is 1. The summed E-state index contributed by atoms with van der Waals surface area (Å²) in [5.74, 6) is 0.970. The molecule has 1 aromatic carbocycles. The molecule has 2 N–H and O–H groups in total. The maximum absolute atomic E-state index is 6.39. The van der Waals surface area contributed by atoms with Crippen molar-refractivity contribution >= 4 is 11.6 Å². The Hall–Kier alpha value is -0.770. The van der Waals surface area contributed by atoms with Crippen molar-refractivity contribution in [3.63, 3.8) is 0 Å². The highest BCUT2D eigenvalue weighted by molar-refractivity contribution is 6.31. The number of halogens is 1. The Balaban J connectivity index is 2.50. The molecule has 0 saturated carbocycles. The molecule has 1 aliphatic heterocycles. The highest BCUT2D eigenvalue weighted by atomic mass is 35.5. The summed E-state index contributed by atoms with van der Waals surface area (Å²) in [6, 6.07) is 2.30. The molecule has 4 heteroatoms. The molecule has 3 nitrogen and oxygen atoms in total. The van der Waals surface area contributed by atoms with Gasteiger partial charge in [0.05, 0.1) is 7.11 Å². The van der Waals surface area contributed by atoms with Crippen LogP contribution in [0.5, 0.6) is 5.75 Å². The van der Waals surface area contributed by atoms with Crippen molar-refractivity contribution in [1.29, 1.82) is 0 Å². The molecule has 0 amide bonds. The van der Waals surface area contributed by atoms with Crippen LogP contribution in [-0.4, -0.2) is 31.6 Å². The van der Waals surface area contributed by atoms with E-state index in [0.29, 0.717) is 12.6 Å². The van der Waals surface area contributed by atoms with E-state index >= 15 is 0 Å². The molecule has 1 aromatic rings. The van der Waals surface area contributed by atoms with E-state index in [1.807, 2.05) is 6.07 Å². The Morgan fingerprint density at radius 3 is 2.55 bits per heavy atom. The summed E-state index contributed by atoms with van der Waals surface area (Å²) in [5, 5.41) is 0.819. The van der Waals surface area contributed by atoms with Crippen molar-refractivity contribution < 1.29 is 4.74 Å². The lowest BCUT2D eigenvalue weighted by Crippen LogP contribution is -2.28. The van der Waals surface area contributed by atoms with Gasteiger partial charge < -0.3 is 10.5 Å². The molecular weight excluding hydrogens is 272 g/mol. The van der Waals surface area contributed by atoms with Gasteiger partial charge in [0, 0.05) is 16.6 Å². The number of hydrogen-bond acceptors (Lipinski definition) is 3. The van der Waals surface area contributed by atoms with Crippen LogP contribution in [0.2, 0.25) is 5.02 Å². The van der Waals surface area contributed by atoms with Crippen LogP contribution < -0.4 is 10.5 Å². The molecule has 1 unspecified atom stereocenters. The zero-order valence-corrected chi connectivity index (χ0v) is 13.5. The summed E-state index contributed by atoms with van der Waals surface area (Å²) in [6.07, 6.45) is 3.47. The molecule has 0 aliphatic carbocycles. The molecule has 1 heterocycles. The van der Waals surface area contributed by atoms with Crippen LogP contribution in [0.1, 0.15) is 42.0 Å². The quantitative estimate of drug-likeness (QED) is 0.904. The van der Waals surface area contributed by atoms with Crippen LogP contribution in [-0.2, 0) is 0 Å². The van der Waals surface area contributed by atoms with Gasteiger partial charge in [0.2, 0.25) is 0 Å². The molecule has 1 atom stereocenters.